The quantitative estimate of drug-likeness (QED) is 0.895. The van der Waals surface area contributed by atoms with Gasteiger partial charge < -0.3 is 5.32 Å². The van der Waals surface area contributed by atoms with Crippen molar-refractivity contribution in [1.29, 1.82) is 0 Å². The number of nitrogens with one attached hydrogen (secondary N) is 1. The van der Waals surface area contributed by atoms with Crippen LogP contribution in [0.1, 0.15) is 18.4 Å². The van der Waals surface area contributed by atoms with E-state index in [0.29, 0.717) is 30.1 Å². The van der Waals surface area contributed by atoms with E-state index in [1.807, 2.05) is 6.92 Å². The predicted molar refractivity (Wildman–Crippen MR) is 91.7 cm³/mol. The Bertz CT molecular complexity index is 691. The molecule has 128 valence electrons. The highest BCUT2D eigenvalue weighted by atomic mass is 35.5. The molecule has 8 heteroatoms. The highest BCUT2D eigenvalue weighted by Gasteiger charge is 2.33. The molecule has 0 radical (unpaired) electrons. The van der Waals surface area contributed by atoms with Crippen molar-refractivity contribution in [3.63, 3.8) is 0 Å². The molecule has 1 amide bonds. The van der Waals surface area contributed by atoms with Crippen molar-refractivity contribution in [2.75, 3.05) is 32.5 Å². The Balaban J connectivity index is 2.09. The number of benzene rings is 1. The summed E-state index contributed by atoms with van der Waals surface area (Å²) in [5, 5.41) is 3.45. The Labute approximate surface area is 142 Å². The van der Waals surface area contributed by atoms with Gasteiger partial charge in [0.05, 0.1) is 5.92 Å². The van der Waals surface area contributed by atoms with Crippen molar-refractivity contribution < 1.29 is 13.2 Å². The van der Waals surface area contributed by atoms with E-state index >= 15 is 0 Å². The molecule has 1 fully saturated rings. The number of piperidine rings is 1. The summed E-state index contributed by atoms with van der Waals surface area (Å²) in [6.07, 6.45) is 1.34. The molecule has 0 aromatic heterocycles. The topological polar surface area (TPSA) is 69.7 Å². The summed E-state index contributed by atoms with van der Waals surface area (Å²) in [6, 6.07) is 5.32. The molecule has 1 aromatic rings. The molecule has 1 aliphatic rings. The zero-order chi connectivity index (χ0) is 17.2. The normalized spacial score (nSPS) is 19.8. The molecule has 1 heterocycles. The maximum atomic E-state index is 12.5. The van der Waals surface area contributed by atoms with Crippen molar-refractivity contribution in [2.24, 2.45) is 5.92 Å². The number of rotatable bonds is 4. The fraction of sp³-hybridized carbons (Fsp3) is 0.533. The van der Waals surface area contributed by atoms with Crippen LogP contribution in [-0.4, -0.2) is 50.1 Å². The van der Waals surface area contributed by atoms with E-state index < -0.39 is 10.2 Å². The van der Waals surface area contributed by atoms with Crippen LogP contribution in [0.3, 0.4) is 0 Å². The first kappa shape index (κ1) is 18.2. The SMILES string of the molecule is Cc1c(Cl)cccc1NC(=O)C1CCCN(S(=O)(=O)N(C)C)C1. The lowest BCUT2D eigenvalue weighted by Gasteiger charge is -2.32. The molecule has 0 bridgehead atoms. The zero-order valence-electron chi connectivity index (χ0n) is 13.5. The summed E-state index contributed by atoms with van der Waals surface area (Å²) in [5.41, 5.74) is 1.46. The van der Waals surface area contributed by atoms with Crippen LogP contribution >= 0.6 is 11.6 Å². The molecule has 2 rings (SSSR count). The molecule has 1 N–H and O–H groups in total. The van der Waals surface area contributed by atoms with Gasteiger partial charge in [0, 0.05) is 37.9 Å². The monoisotopic (exact) mass is 359 g/mol. The predicted octanol–water partition coefficient (Wildman–Crippen LogP) is 2.11. The number of hydrogen-bond acceptors (Lipinski definition) is 3. The average molecular weight is 360 g/mol. The van der Waals surface area contributed by atoms with Crippen LogP contribution < -0.4 is 5.32 Å². The van der Waals surface area contributed by atoms with Crippen LogP contribution in [-0.2, 0) is 15.0 Å². The van der Waals surface area contributed by atoms with Gasteiger partial charge >= 0.3 is 0 Å². The van der Waals surface area contributed by atoms with Gasteiger partial charge in [-0.3, -0.25) is 4.79 Å². The Morgan fingerprint density at radius 3 is 2.74 bits per heavy atom. The lowest BCUT2D eigenvalue weighted by atomic mass is 9.98. The van der Waals surface area contributed by atoms with Gasteiger partial charge in [0.1, 0.15) is 0 Å². The van der Waals surface area contributed by atoms with E-state index in [-0.39, 0.29) is 18.4 Å². The third-order valence-electron chi connectivity index (χ3n) is 4.07. The van der Waals surface area contributed by atoms with Crippen molar-refractivity contribution >= 4 is 33.4 Å². The third-order valence-corrected chi connectivity index (χ3v) is 6.38. The Hall–Kier alpha value is -1.15. The van der Waals surface area contributed by atoms with E-state index in [0.717, 1.165) is 5.56 Å². The lowest BCUT2D eigenvalue weighted by molar-refractivity contribution is -0.120. The smallest absolute Gasteiger partial charge is 0.281 e. The van der Waals surface area contributed by atoms with Gasteiger partial charge in [0.2, 0.25) is 5.91 Å². The molecule has 1 aliphatic heterocycles. The molecule has 1 atom stereocenters. The largest absolute Gasteiger partial charge is 0.326 e. The van der Waals surface area contributed by atoms with Crippen LogP contribution in [0.5, 0.6) is 0 Å². The molecule has 23 heavy (non-hydrogen) atoms. The first-order valence-corrected chi connectivity index (χ1v) is 9.24. The average Bonchev–Trinajstić information content (AvgIpc) is 2.51. The van der Waals surface area contributed by atoms with E-state index in [2.05, 4.69) is 5.32 Å². The number of carbonyl (C=O) groups excluding carboxylic acids is 1. The van der Waals surface area contributed by atoms with Crippen LogP contribution in [0.4, 0.5) is 5.69 Å². The number of amides is 1. The van der Waals surface area contributed by atoms with Crippen LogP contribution in [0.15, 0.2) is 18.2 Å². The molecule has 1 saturated heterocycles. The second-order valence-corrected chi connectivity index (χ2v) is 8.44. The van der Waals surface area contributed by atoms with E-state index in [9.17, 15) is 13.2 Å². The van der Waals surface area contributed by atoms with Gasteiger partial charge in [-0.25, -0.2) is 0 Å². The first-order valence-electron chi connectivity index (χ1n) is 7.47. The number of hydrogen-bond donors (Lipinski definition) is 1. The molecule has 0 saturated carbocycles. The minimum atomic E-state index is -3.49. The summed E-state index contributed by atoms with van der Waals surface area (Å²) < 4.78 is 27.0. The standard InChI is InChI=1S/C15H22ClN3O3S/c1-11-13(16)7-4-8-14(11)17-15(20)12-6-5-9-19(10-12)23(21,22)18(2)3/h4,7-8,12H,5-6,9-10H2,1-3H3,(H,17,20). The summed E-state index contributed by atoms with van der Waals surface area (Å²) in [5.74, 6) is -0.536. The number of anilines is 1. The van der Waals surface area contributed by atoms with Crippen LogP contribution in [0.2, 0.25) is 5.02 Å². The summed E-state index contributed by atoms with van der Waals surface area (Å²) in [7, 11) is -0.500. The van der Waals surface area contributed by atoms with Crippen molar-refractivity contribution in [1.82, 2.24) is 8.61 Å². The number of halogens is 1. The molecule has 1 aromatic carbocycles. The lowest BCUT2D eigenvalue weighted by Crippen LogP contribution is -2.47. The first-order chi connectivity index (χ1) is 10.7. The maximum absolute atomic E-state index is 12.5. The minimum Gasteiger partial charge on any atom is -0.326 e. The van der Waals surface area contributed by atoms with Gasteiger partial charge in [-0.1, -0.05) is 17.7 Å². The highest BCUT2D eigenvalue weighted by Crippen LogP contribution is 2.25. The fourth-order valence-electron chi connectivity index (χ4n) is 2.57. The van der Waals surface area contributed by atoms with Gasteiger partial charge in [-0.05, 0) is 37.5 Å². The van der Waals surface area contributed by atoms with Gasteiger partial charge in [0.25, 0.3) is 10.2 Å². The molecule has 0 spiro atoms. The summed E-state index contributed by atoms with van der Waals surface area (Å²) in [6.45, 7) is 2.48. The van der Waals surface area contributed by atoms with Crippen molar-refractivity contribution in [3.05, 3.63) is 28.8 Å². The summed E-state index contributed by atoms with van der Waals surface area (Å²) in [4.78, 5) is 12.5. The second kappa shape index (κ2) is 7.17. The number of nitrogens with zero attached hydrogens (tertiary/aromatic N) is 2. The molecule has 6 nitrogen and oxygen atoms in total. The second-order valence-electron chi connectivity index (χ2n) is 5.89. The summed E-state index contributed by atoms with van der Waals surface area (Å²) >= 11 is 6.06. The molecule has 0 aliphatic carbocycles. The van der Waals surface area contributed by atoms with Gasteiger partial charge in [0.15, 0.2) is 0 Å². The van der Waals surface area contributed by atoms with E-state index in [1.165, 1.54) is 22.7 Å². The third kappa shape index (κ3) is 4.03. The van der Waals surface area contributed by atoms with Crippen LogP contribution in [0, 0.1) is 12.8 Å². The zero-order valence-corrected chi connectivity index (χ0v) is 15.1. The van der Waals surface area contributed by atoms with Gasteiger partial charge in [-0.2, -0.15) is 17.0 Å². The van der Waals surface area contributed by atoms with Crippen molar-refractivity contribution in [2.45, 2.75) is 19.8 Å². The van der Waals surface area contributed by atoms with Gasteiger partial charge in [-0.15, -0.1) is 0 Å². The van der Waals surface area contributed by atoms with E-state index in [4.69, 9.17) is 11.6 Å². The minimum absolute atomic E-state index is 0.172. The maximum Gasteiger partial charge on any atom is 0.281 e. The van der Waals surface area contributed by atoms with E-state index in [1.54, 1.807) is 18.2 Å². The molecular formula is C15H22ClN3O3S. The Morgan fingerprint density at radius 1 is 1.39 bits per heavy atom. The fourth-order valence-corrected chi connectivity index (χ4v) is 3.94. The number of carbonyl (C=O) groups is 1. The molecular weight excluding hydrogens is 338 g/mol. The Morgan fingerprint density at radius 2 is 2.09 bits per heavy atom. The Kier molecular flexibility index (Phi) is 5.67. The van der Waals surface area contributed by atoms with Crippen molar-refractivity contribution in [3.8, 4) is 0 Å². The highest BCUT2D eigenvalue weighted by molar-refractivity contribution is 7.86. The molecule has 1 unspecified atom stereocenters. The van der Waals surface area contributed by atoms with Crippen LogP contribution in [0.25, 0.3) is 0 Å².